The number of hydrogen-bond donors (Lipinski definition) is 2. The average molecular weight is 502 g/mol. The number of aromatic nitrogens is 1. The Bertz CT molecular complexity index is 751. The summed E-state index contributed by atoms with van der Waals surface area (Å²) >= 11 is 1.72. The normalized spacial score (nSPS) is 13.5. The number of aliphatic imine (C=N–C) groups is 1. The van der Waals surface area contributed by atoms with E-state index in [9.17, 15) is 0 Å². The number of ether oxygens (including phenoxy) is 2. The molecular formula is C19H27IN4O2S. The van der Waals surface area contributed by atoms with Crippen molar-refractivity contribution in [2.75, 3.05) is 31.6 Å². The third-order valence-electron chi connectivity index (χ3n) is 3.89. The van der Waals surface area contributed by atoms with Crippen molar-refractivity contribution < 1.29 is 9.47 Å². The second-order valence-electron chi connectivity index (χ2n) is 5.93. The monoisotopic (exact) mass is 502 g/mol. The van der Waals surface area contributed by atoms with Crippen molar-refractivity contribution >= 4 is 47.0 Å². The van der Waals surface area contributed by atoms with Gasteiger partial charge >= 0.3 is 0 Å². The zero-order valence-electron chi connectivity index (χ0n) is 15.8. The molecule has 0 bridgehead atoms. The van der Waals surface area contributed by atoms with Crippen LogP contribution >= 0.6 is 35.3 Å². The van der Waals surface area contributed by atoms with Gasteiger partial charge in [-0.3, -0.25) is 4.99 Å². The van der Waals surface area contributed by atoms with Gasteiger partial charge in [0.1, 0.15) is 0 Å². The summed E-state index contributed by atoms with van der Waals surface area (Å²) in [5.41, 5.74) is 2.04. The maximum absolute atomic E-state index is 5.75. The minimum absolute atomic E-state index is 0. The van der Waals surface area contributed by atoms with Gasteiger partial charge in [-0.1, -0.05) is 6.92 Å². The predicted octanol–water partition coefficient (Wildman–Crippen LogP) is 4.10. The van der Waals surface area contributed by atoms with Gasteiger partial charge in [-0.2, -0.15) is 0 Å². The van der Waals surface area contributed by atoms with Gasteiger partial charge in [0.2, 0.25) is 0 Å². The zero-order chi connectivity index (χ0) is 18.2. The lowest BCUT2D eigenvalue weighted by Crippen LogP contribution is -2.30. The van der Waals surface area contributed by atoms with E-state index in [-0.39, 0.29) is 24.0 Å². The number of guanidine groups is 1. The molecule has 2 heterocycles. The summed E-state index contributed by atoms with van der Waals surface area (Å²) in [6.45, 7) is 7.04. The number of rotatable bonds is 6. The molecule has 0 aliphatic carbocycles. The number of hydrogen-bond acceptors (Lipinski definition) is 5. The quantitative estimate of drug-likeness (QED) is 0.354. The number of thiazole rings is 1. The second kappa shape index (κ2) is 11.3. The average Bonchev–Trinajstić information content (AvgIpc) is 2.98. The Labute approximate surface area is 181 Å². The molecule has 0 unspecified atom stereocenters. The molecule has 0 spiro atoms. The largest absolute Gasteiger partial charge is 0.490 e. The maximum atomic E-state index is 5.75. The standard InChI is InChI=1S/C19H26N4O2S.HI/c1-3-18-22-15(13-26-18)8-9-21-19(20-4-2)23-14-6-7-16-17(12-14)25-11-5-10-24-16;/h6-7,12-13H,3-5,8-11H2,1-2H3,(H2,20,21,23);1H. The van der Waals surface area contributed by atoms with E-state index in [0.29, 0.717) is 19.8 Å². The Morgan fingerprint density at radius 1 is 1.22 bits per heavy atom. The number of aryl methyl sites for hydroxylation is 1. The molecule has 0 radical (unpaired) electrons. The Morgan fingerprint density at radius 2 is 2.04 bits per heavy atom. The van der Waals surface area contributed by atoms with Crippen LogP contribution in [0.4, 0.5) is 5.69 Å². The van der Waals surface area contributed by atoms with Crippen LogP contribution in [0.1, 0.15) is 31.0 Å². The highest BCUT2D eigenvalue weighted by molar-refractivity contribution is 14.0. The van der Waals surface area contributed by atoms with E-state index < -0.39 is 0 Å². The molecule has 2 N–H and O–H groups in total. The molecule has 0 saturated heterocycles. The van der Waals surface area contributed by atoms with Gasteiger partial charge in [-0.05, 0) is 25.5 Å². The summed E-state index contributed by atoms with van der Waals surface area (Å²) in [4.78, 5) is 9.25. The number of fused-ring (bicyclic) bond motifs is 1. The molecule has 6 nitrogen and oxygen atoms in total. The van der Waals surface area contributed by atoms with Crippen LogP contribution in [0, 0.1) is 0 Å². The van der Waals surface area contributed by atoms with Crippen molar-refractivity contribution in [3.8, 4) is 11.5 Å². The van der Waals surface area contributed by atoms with Gasteiger partial charge in [0.15, 0.2) is 17.5 Å². The SMILES string of the molecule is CCNC(=NCCc1csc(CC)n1)Nc1ccc2c(c1)OCCCO2.I. The maximum Gasteiger partial charge on any atom is 0.195 e. The van der Waals surface area contributed by atoms with Gasteiger partial charge in [0.25, 0.3) is 0 Å². The molecule has 1 aliphatic heterocycles. The molecule has 27 heavy (non-hydrogen) atoms. The Kier molecular flexibility index (Phi) is 9.12. The molecule has 0 saturated carbocycles. The van der Waals surface area contributed by atoms with Crippen molar-refractivity contribution in [1.29, 1.82) is 0 Å². The molecule has 2 aromatic rings. The van der Waals surface area contributed by atoms with Crippen LogP contribution in [0.2, 0.25) is 0 Å². The van der Waals surface area contributed by atoms with Gasteiger partial charge in [-0.15, -0.1) is 35.3 Å². The van der Waals surface area contributed by atoms with E-state index in [0.717, 1.165) is 54.6 Å². The Morgan fingerprint density at radius 3 is 2.78 bits per heavy atom. The lowest BCUT2D eigenvalue weighted by molar-refractivity contribution is 0.297. The van der Waals surface area contributed by atoms with Crippen molar-refractivity contribution in [3.63, 3.8) is 0 Å². The van der Waals surface area contributed by atoms with E-state index in [1.54, 1.807) is 11.3 Å². The number of anilines is 1. The van der Waals surface area contributed by atoms with Crippen molar-refractivity contribution in [3.05, 3.63) is 34.3 Å². The highest BCUT2D eigenvalue weighted by Gasteiger charge is 2.11. The van der Waals surface area contributed by atoms with Gasteiger partial charge in [0.05, 0.1) is 23.9 Å². The zero-order valence-corrected chi connectivity index (χ0v) is 18.9. The Balaban J connectivity index is 0.00000261. The molecule has 3 rings (SSSR count). The first-order valence-electron chi connectivity index (χ1n) is 9.16. The smallest absolute Gasteiger partial charge is 0.195 e. The van der Waals surface area contributed by atoms with Crippen molar-refractivity contribution in [2.24, 2.45) is 4.99 Å². The first-order valence-corrected chi connectivity index (χ1v) is 10.0. The van der Waals surface area contributed by atoms with Crippen molar-refractivity contribution in [2.45, 2.75) is 33.1 Å². The minimum atomic E-state index is 0. The Hall–Kier alpha value is -1.55. The second-order valence-corrected chi connectivity index (χ2v) is 6.88. The van der Waals surface area contributed by atoms with E-state index in [2.05, 4.69) is 39.8 Å². The predicted molar refractivity (Wildman–Crippen MR) is 122 cm³/mol. The summed E-state index contributed by atoms with van der Waals surface area (Å²) in [7, 11) is 0. The minimum Gasteiger partial charge on any atom is -0.490 e. The van der Waals surface area contributed by atoms with Crippen LogP contribution < -0.4 is 20.1 Å². The summed E-state index contributed by atoms with van der Waals surface area (Å²) in [6.07, 6.45) is 2.73. The highest BCUT2D eigenvalue weighted by atomic mass is 127. The molecule has 0 fully saturated rings. The first kappa shape index (κ1) is 21.7. The lowest BCUT2D eigenvalue weighted by Gasteiger charge is -2.13. The fourth-order valence-electron chi connectivity index (χ4n) is 2.59. The van der Waals surface area contributed by atoms with E-state index in [1.807, 2.05) is 18.2 Å². The highest BCUT2D eigenvalue weighted by Crippen LogP contribution is 2.32. The van der Waals surface area contributed by atoms with Crippen LogP contribution in [0.25, 0.3) is 0 Å². The summed E-state index contributed by atoms with van der Waals surface area (Å²) < 4.78 is 11.4. The third kappa shape index (κ3) is 6.53. The molecule has 148 valence electrons. The summed E-state index contributed by atoms with van der Waals surface area (Å²) in [5.74, 6) is 2.33. The fourth-order valence-corrected chi connectivity index (χ4v) is 3.37. The number of halogens is 1. The molecule has 0 atom stereocenters. The molecular weight excluding hydrogens is 475 g/mol. The summed E-state index contributed by atoms with van der Waals surface area (Å²) in [5, 5.41) is 9.92. The van der Waals surface area contributed by atoms with Crippen LogP contribution in [0.5, 0.6) is 11.5 Å². The fraction of sp³-hybridized carbons (Fsp3) is 0.474. The molecule has 8 heteroatoms. The number of benzene rings is 1. The topological polar surface area (TPSA) is 67.8 Å². The van der Waals surface area contributed by atoms with Crippen molar-refractivity contribution in [1.82, 2.24) is 10.3 Å². The van der Waals surface area contributed by atoms with Crippen LogP contribution in [-0.2, 0) is 12.8 Å². The third-order valence-corrected chi connectivity index (χ3v) is 4.94. The van der Waals surface area contributed by atoms with E-state index >= 15 is 0 Å². The van der Waals surface area contributed by atoms with Crippen LogP contribution in [0.3, 0.4) is 0 Å². The first-order chi connectivity index (χ1) is 12.8. The molecule has 1 aromatic carbocycles. The summed E-state index contributed by atoms with van der Waals surface area (Å²) in [6, 6.07) is 5.88. The van der Waals surface area contributed by atoms with E-state index in [1.165, 1.54) is 5.01 Å². The van der Waals surface area contributed by atoms with Gasteiger partial charge < -0.3 is 20.1 Å². The molecule has 0 amide bonds. The molecule has 1 aromatic heterocycles. The number of nitrogens with zero attached hydrogens (tertiary/aromatic N) is 2. The lowest BCUT2D eigenvalue weighted by atomic mass is 10.2. The van der Waals surface area contributed by atoms with E-state index in [4.69, 9.17) is 9.47 Å². The van der Waals surface area contributed by atoms with Crippen LogP contribution in [-0.4, -0.2) is 37.2 Å². The van der Waals surface area contributed by atoms with Gasteiger partial charge in [0, 0.05) is 43.1 Å². The number of nitrogens with one attached hydrogen (secondary N) is 2. The van der Waals surface area contributed by atoms with Crippen LogP contribution in [0.15, 0.2) is 28.6 Å². The van der Waals surface area contributed by atoms with Gasteiger partial charge in [-0.25, -0.2) is 4.98 Å². The molecule has 1 aliphatic rings.